The van der Waals surface area contributed by atoms with Crippen LogP contribution in [-0.4, -0.2) is 72.3 Å². The number of carbonyl (C=O) groups excluding carboxylic acids is 6. The van der Waals surface area contributed by atoms with Crippen LogP contribution in [-0.2, 0) is 42.4 Å². The predicted molar refractivity (Wildman–Crippen MR) is 197 cm³/mol. The summed E-state index contributed by atoms with van der Waals surface area (Å²) in [5.41, 5.74) is 0. The van der Waals surface area contributed by atoms with E-state index in [1.54, 1.807) is 27.7 Å². The zero-order chi connectivity index (χ0) is 39.4. The number of Topliss-reactive ketones (excluding diaryl/α,β-unsaturated/α-hetero) is 3. The van der Waals surface area contributed by atoms with E-state index >= 15 is 0 Å². The third-order valence-electron chi connectivity index (χ3n) is 6.84. The van der Waals surface area contributed by atoms with E-state index in [1.807, 2.05) is 27.7 Å². The van der Waals surface area contributed by atoms with E-state index in [2.05, 4.69) is 52.7 Å². The van der Waals surface area contributed by atoms with Crippen molar-refractivity contribution < 1.29 is 47.3 Å². The Labute approximate surface area is 302 Å². The molecule has 1 unspecified atom stereocenters. The van der Waals surface area contributed by atoms with Crippen LogP contribution in [0.25, 0.3) is 0 Å². The molecule has 0 aliphatic carbocycles. The fourth-order valence-corrected chi connectivity index (χ4v) is 4.41. The zero-order valence-electron chi connectivity index (χ0n) is 33.0. The minimum atomic E-state index is -4.06. The van der Waals surface area contributed by atoms with Gasteiger partial charge in [0, 0.05) is 75.9 Å². The Hall–Kier alpha value is -2.47. The highest BCUT2D eigenvalue weighted by Gasteiger charge is 2.22. The second kappa shape index (κ2) is 30.2. The molecule has 0 rings (SSSR count). The van der Waals surface area contributed by atoms with Crippen molar-refractivity contribution in [3.05, 3.63) is 0 Å². The Morgan fingerprint density at radius 3 is 1.08 bits per heavy atom. The number of ketones is 3. The highest BCUT2D eigenvalue weighted by atomic mass is 31.2. The maximum absolute atomic E-state index is 11.4. The van der Waals surface area contributed by atoms with Crippen molar-refractivity contribution in [3.63, 3.8) is 0 Å². The second-order valence-electron chi connectivity index (χ2n) is 14.2. The average Bonchev–Trinajstić information content (AvgIpc) is 2.98. The molecule has 0 heterocycles. The van der Waals surface area contributed by atoms with Crippen LogP contribution < -0.4 is 16.0 Å². The fourth-order valence-electron chi connectivity index (χ4n) is 3.49. The van der Waals surface area contributed by atoms with Crippen LogP contribution in [0.3, 0.4) is 0 Å². The van der Waals surface area contributed by atoms with Crippen LogP contribution >= 0.6 is 7.82 Å². The molecular formula is C36H70N3O10P. The van der Waals surface area contributed by atoms with Gasteiger partial charge in [0.1, 0.15) is 17.3 Å². The topological polar surface area (TPSA) is 194 Å². The van der Waals surface area contributed by atoms with E-state index in [0.717, 1.165) is 12.8 Å². The molecule has 0 radical (unpaired) electrons. The minimum Gasteiger partial charge on any atom is -0.356 e. The lowest BCUT2D eigenvalue weighted by atomic mass is 10.0. The van der Waals surface area contributed by atoms with Crippen LogP contribution in [0.15, 0.2) is 0 Å². The summed E-state index contributed by atoms with van der Waals surface area (Å²) in [5, 5.41) is 8.13. The van der Waals surface area contributed by atoms with Gasteiger partial charge in [-0.3, -0.25) is 37.8 Å². The van der Waals surface area contributed by atoms with Crippen LogP contribution in [0.2, 0.25) is 0 Å². The third kappa shape index (κ3) is 36.8. The summed E-state index contributed by atoms with van der Waals surface area (Å²) in [7, 11) is -4.06. The summed E-state index contributed by atoms with van der Waals surface area (Å²) >= 11 is 0. The van der Waals surface area contributed by atoms with Gasteiger partial charge in [0.15, 0.2) is 0 Å². The molecule has 0 saturated heterocycles. The normalized spacial score (nSPS) is 12.2. The van der Waals surface area contributed by atoms with E-state index < -0.39 is 13.9 Å². The molecule has 0 aromatic carbocycles. The van der Waals surface area contributed by atoms with Crippen molar-refractivity contribution in [2.45, 2.75) is 141 Å². The number of hydrogen-bond acceptors (Lipinski definition) is 9. The SMILES string of the molecule is CC(C)CCNC(=O)CCC(=O)C(C)C.CC(C)CCNC(=O)CCC(=O)C(C)C.CC(C)OP(=O)(O)OCCNC(=O)CCC(=O)C(C)C. The highest BCUT2D eigenvalue weighted by molar-refractivity contribution is 7.47. The Bertz CT molecular complexity index is 997. The molecule has 50 heavy (non-hydrogen) atoms. The van der Waals surface area contributed by atoms with Gasteiger partial charge in [-0.2, -0.15) is 0 Å². The van der Waals surface area contributed by atoms with E-state index in [9.17, 15) is 38.2 Å². The Kier molecular flexibility index (Phi) is 31.3. The molecular weight excluding hydrogens is 665 g/mol. The number of nitrogens with one attached hydrogen (secondary N) is 3. The summed E-state index contributed by atoms with van der Waals surface area (Å²) in [6.07, 6.45) is 3.24. The van der Waals surface area contributed by atoms with E-state index in [0.29, 0.717) is 50.6 Å². The van der Waals surface area contributed by atoms with E-state index in [1.165, 1.54) is 0 Å². The summed E-state index contributed by atoms with van der Waals surface area (Å²) < 4.78 is 20.7. The molecule has 3 amide bonds. The second-order valence-corrected chi connectivity index (χ2v) is 15.6. The fraction of sp³-hybridized carbons (Fsp3) is 0.833. The Morgan fingerprint density at radius 1 is 0.520 bits per heavy atom. The highest BCUT2D eigenvalue weighted by Crippen LogP contribution is 2.44. The van der Waals surface area contributed by atoms with Crippen molar-refractivity contribution in [1.29, 1.82) is 0 Å². The van der Waals surface area contributed by atoms with Crippen LogP contribution in [0.1, 0.15) is 134 Å². The van der Waals surface area contributed by atoms with Crippen molar-refractivity contribution >= 4 is 42.9 Å². The number of amides is 3. The summed E-state index contributed by atoms with van der Waals surface area (Å²) in [5.74, 6) is 1.23. The monoisotopic (exact) mass is 735 g/mol. The number of phosphoric acid groups is 1. The lowest BCUT2D eigenvalue weighted by Gasteiger charge is -2.14. The quantitative estimate of drug-likeness (QED) is 0.0679. The van der Waals surface area contributed by atoms with Gasteiger partial charge in [-0.25, -0.2) is 4.57 Å². The summed E-state index contributed by atoms with van der Waals surface area (Å²) in [6, 6.07) is 0. The van der Waals surface area contributed by atoms with Crippen LogP contribution in [0.5, 0.6) is 0 Å². The average molecular weight is 736 g/mol. The molecule has 13 nitrogen and oxygen atoms in total. The first-order chi connectivity index (χ1) is 23.0. The molecule has 0 spiro atoms. The molecule has 14 heteroatoms. The van der Waals surface area contributed by atoms with Gasteiger partial charge >= 0.3 is 7.82 Å². The molecule has 0 aromatic rings. The van der Waals surface area contributed by atoms with Crippen molar-refractivity contribution in [2.24, 2.45) is 29.6 Å². The van der Waals surface area contributed by atoms with Crippen LogP contribution in [0.4, 0.5) is 0 Å². The van der Waals surface area contributed by atoms with E-state index in [4.69, 9.17) is 0 Å². The number of phosphoric ester groups is 1. The maximum Gasteiger partial charge on any atom is 0.472 e. The van der Waals surface area contributed by atoms with Gasteiger partial charge in [-0.1, -0.05) is 69.2 Å². The number of carbonyl (C=O) groups is 6. The Morgan fingerprint density at radius 2 is 0.820 bits per heavy atom. The van der Waals surface area contributed by atoms with Crippen LogP contribution in [0, 0.1) is 29.6 Å². The molecule has 0 aliphatic heterocycles. The summed E-state index contributed by atoms with van der Waals surface area (Å²) in [4.78, 5) is 77.0. The minimum absolute atomic E-state index is 0.00958. The van der Waals surface area contributed by atoms with Gasteiger partial charge in [0.05, 0.1) is 12.7 Å². The molecule has 294 valence electrons. The van der Waals surface area contributed by atoms with Crippen molar-refractivity contribution in [3.8, 4) is 0 Å². The molecule has 0 bridgehead atoms. The first kappa shape index (κ1) is 51.9. The first-order valence-electron chi connectivity index (χ1n) is 18.0. The third-order valence-corrected chi connectivity index (χ3v) is 8.03. The predicted octanol–water partition coefficient (Wildman–Crippen LogP) is 5.96. The lowest BCUT2D eigenvalue weighted by molar-refractivity contribution is -0.126. The zero-order valence-corrected chi connectivity index (χ0v) is 33.9. The lowest BCUT2D eigenvalue weighted by Crippen LogP contribution is -2.27. The smallest absolute Gasteiger partial charge is 0.356 e. The van der Waals surface area contributed by atoms with Crippen molar-refractivity contribution in [2.75, 3.05) is 26.2 Å². The number of rotatable bonds is 24. The summed E-state index contributed by atoms with van der Waals surface area (Å²) in [6.45, 7) is 24.1. The van der Waals surface area contributed by atoms with Crippen molar-refractivity contribution in [1.82, 2.24) is 16.0 Å². The molecule has 0 aromatic heterocycles. The van der Waals surface area contributed by atoms with E-state index in [-0.39, 0.29) is 78.8 Å². The maximum atomic E-state index is 11.4. The molecule has 1 atom stereocenters. The molecule has 4 N–H and O–H groups in total. The number of hydrogen-bond donors (Lipinski definition) is 4. The largest absolute Gasteiger partial charge is 0.472 e. The first-order valence-corrected chi connectivity index (χ1v) is 19.5. The molecule has 0 saturated carbocycles. The van der Waals surface area contributed by atoms with Gasteiger partial charge in [0.25, 0.3) is 0 Å². The molecule has 0 fully saturated rings. The standard InChI is InChI=1S/C12H24NO6P.2C12H23NO2/c1-9(2)11(14)5-6-12(15)13-7-8-18-20(16,17)19-10(3)4;2*1-9(2)7-8-13-12(15)6-5-11(14)10(3)4/h9-10H,5-8H2,1-4H3,(H,13,15)(H,16,17);2*9-10H,5-8H2,1-4H3,(H,13,15). The van der Waals surface area contributed by atoms with Gasteiger partial charge in [-0.15, -0.1) is 0 Å². The van der Waals surface area contributed by atoms with Gasteiger partial charge in [-0.05, 0) is 38.5 Å². The Balaban J connectivity index is -0.000000674. The van der Waals surface area contributed by atoms with Gasteiger partial charge in [0.2, 0.25) is 17.7 Å². The van der Waals surface area contributed by atoms with Gasteiger partial charge < -0.3 is 20.8 Å². The molecule has 0 aliphatic rings.